The van der Waals surface area contributed by atoms with Gasteiger partial charge in [-0.1, -0.05) is 32.1 Å². The van der Waals surface area contributed by atoms with E-state index in [-0.39, 0.29) is 11.8 Å². The molecule has 1 heterocycles. The van der Waals surface area contributed by atoms with Crippen LogP contribution in [0.2, 0.25) is 0 Å². The molecule has 2 fully saturated rings. The van der Waals surface area contributed by atoms with Crippen LogP contribution in [0.3, 0.4) is 0 Å². The second kappa shape index (κ2) is 6.87. The van der Waals surface area contributed by atoms with Crippen molar-refractivity contribution in [2.24, 2.45) is 5.92 Å². The first-order valence-electron chi connectivity index (χ1n) is 7.36. The average Bonchev–Trinajstić information content (AvgIpc) is 2.82. The highest BCUT2D eigenvalue weighted by atomic mass is 32.2. The van der Waals surface area contributed by atoms with E-state index in [1.54, 1.807) is 0 Å². The summed E-state index contributed by atoms with van der Waals surface area (Å²) < 4.78 is 26.5. The zero-order valence-electron chi connectivity index (χ0n) is 11.2. The number of hydrogen-bond donors (Lipinski definition) is 2. The molecule has 0 aromatic heterocycles. The number of sulfonamides is 1. The Balaban J connectivity index is 1.64. The van der Waals surface area contributed by atoms with Crippen molar-refractivity contribution >= 4 is 10.0 Å². The maximum Gasteiger partial charge on any atom is 0.213 e. The van der Waals surface area contributed by atoms with Crippen molar-refractivity contribution in [3.63, 3.8) is 0 Å². The normalized spacial score (nSPS) is 26.6. The highest BCUT2D eigenvalue weighted by Gasteiger charge is 2.22. The minimum absolute atomic E-state index is 0.164. The van der Waals surface area contributed by atoms with Gasteiger partial charge in [-0.25, -0.2) is 13.1 Å². The van der Waals surface area contributed by atoms with Crippen molar-refractivity contribution < 1.29 is 8.42 Å². The van der Waals surface area contributed by atoms with Crippen molar-refractivity contribution in [1.82, 2.24) is 10.0 Å². The van der Waals surface area contributed by atoms with E-state index in [0.717, 1.165) is 31.7 Å². The van der Waals surface area contributed by atoms with Gasteiger partial charge in [-0.15, -0.1) is 0 Å². The van der Waals surface area contributed by atoms with Crippen LogP contribution in [0.25, 0.3) is 0 Å². The fourth-order valence-corrected chi connectivity index (χ4v) is 4.48. The van der Waals surface area contributed by atoms with Gasteiger partial charge in [0.05, 0.1) is 5.75 Å². The summed E-state index contributed by atoms with van der Waals surface area (Å²) in [5, 5.41) is 3.23. The molecule has 4 nitrogen and oxygen atoms in total. The van der Waals surface area contributed by atoms with Gasteiger partial charge >= 0.3 is 0 Å². The van der Waals surface area contributed by atoms with Crippen LogP contribution in [0.15, 0.2) is 0 Å². The topological polar surface area (TPSA) is 58.2 Å². The summed E-state index contributed by atoms with van der Waals surface area (Å²) >= 11 is 0. The molecule has 1 aliphatic carbocycles. The largest absolute Gasteiger partial charge is 0.313 e. The summed E-state index contributed by atoms with van der Waals surface area (Å²) in [6.07, 6.45) is 9.67. The molecule has 0 aromatic carbocycles. The second-order valence-electron chi connectivity index (χ2n) is 5.76. The maximum atomic E-state index is 11.9. The van der Waals surface area contributed by atoms with Crippen LogP contribution in [0, 0.1) is 5.92 Å². The Hall–Kier alpha value is -0.130. The molecule has 106 valence electrons. The lowest BCUT2D eigenvalue weighted by molar-refractivity contribution is 0.339. The summed E-state index contributed by atoms with van der Waals surface area (Å²) in [6, 6.07) is 0.164. The Bertz CT molecular complexity index is 331. The summed E-state index contributed by atoms with van der Waals surface area (Å²) in [4.78, 5) is 0. The Morgan fingerprint density at radius 3 is 2.50 bits per heavy atom. The molecule has 1 unspecified atom stereocenters. The molecule has 5 heteroatoms. The number of nitrogens with one attached hydrogen (secondary N) is 2. The van der Waals surface area contributed by atoms with Gasteiger partial charge in [-0.2, -0.15) is 0 Å². The van der Waals surface area contributed by atoms with E-state index in [9.17, 15) is 8.42 Å². The summed E-state index contributed by atoms with van der Waals surface area (Å²) in [7, 11) is -3.08. The third-order valence-electron chi connectivity index (χ3n) is 4.18. The van der Waals surface area contributed by atoms with E-state index in [4.69, 9.17) is 0 Å². The lowest BCUT2D eigenvalue weighted by atomic mass is 9.87. The number of rotatable bonds is 6. The van der Waals surface area contributed by atoms with E-state index in [1.165, 1.54) is 32.1 Å². The zero-order valence-corrected chi connectivity index (χ0v) is 12.0. The molecule has 2 N–H and O–H groups in total. The Morgan fingerprint density at radius 2 is 1.83 bits per heavy atom. The predicted molar refractivity (Wildman–Crippen MR) is 74.0 cm³/mol. The van der Waals surface area contributed by atoms with Crippen molar-refractivity contribution in [3.05, 3.63) is 0 Å². The Morgan fingerprint density at radius 1 is 1.06 bits per heavy atom. The monoisotopic (exact) mass is 274 g/mol. The minimum Gasteiger partial charge on any atom is -0.313 e. The molecule has 2 aliphatic rings. The van der Waals surface area contributed by atoms with Crippen LogP contribution in [0.1, 0.15) is 51.4 Å². The smallest absolute Gasteiger partial charge is 0.213 e. The lowest BCUT2D eigenvalue weighted by Gasteiger charge is -2.21. The van der Waals surface area contributed by atoms with Crippen molar-refractivity contribution in [2.75, 3.05) is 18.8 Å². The van der Waals surface area contributed by atoms with Gasteiger partial charge in [-0.3, -0.25) is 0 Å². The zero-order chi connectivity index (χ0) is 12.8. The van der Waals surface area contributed by atoms with Gasteiger partial charge in [0.25, 0.3) is 0 Å². The van der Waals surface area contributed by atoms with Crippen molar-refractivity contribution in [3.8, 4) is 0 Å². The molecule has 18 heavy (non-hydrogen) atoms. The fourth-order valence-electron chi connectivity index (χ4n) is 3.12. The van der Waals surface area contributed by atoms with Crippen LogP contribution in [0.5, 0.6) is 0 Å². The van der Waals surface area contributed by atoms with E-state index in [0.29, 0.717) is 6.54 Å². The van der Waals surface area contributed by atoms with Crippen molar-refractivity contribution in [1.29, 1.82) is 0 Å². The summed E-state index contributed by atoms with van der Waals surface area (Å²) in [6.45, 7) is 1.59. The first kappa shape index (κ1) is 14.3. The van der Waals surface area contributed by atoms with Crippen LogP contribution in [-0.4, -0.2) is 33.3 Å². The van der Waals surface area contributed by atoms with E-state index >= 15 is 0 Å². The standard InChI is InChI=1S/C13H26N2O2S/c16-18(17,11-13-7-4-9-14-13)15-10-8-12-5-2-1-3-6-12/h12-15H,1-11H2. The molecule has 1 atom stereocenters. The highest BCUT2D eigenvalue weighted by molar-refractivity contribution is 7.89. The van der Waals surface area contributed by atoms with Gasteiger partial charge in [-0.05, 0) is 31.7 Å². The van der Waals surface area contributed by atoms with E-state index in [2.05, 4.69) is 10.0 Å². The van der Waals surface area contributed by atoms with Crippen molar-refractivity contribution in [2.45, 2.75) is 57.4 Å². The quantitative estimate of drug-likeness (QED) is 0.774. The molecular formula is C13H26N2O2S. The molecule has 0 radical (unpaired) electrons. The SMILES string of the molecule is O=S(=O)(CC1CCCN1)NCCC1CCCCC1. The Kier molecular flexibility index (Phi) is 5.45. The first-order chi connectivity index (χ1) is 8.66. The van der Waals surface area contributed by atoms with Gasteiger partial charge in [0.15, 0.2) is 0 Å². The third-order valence-corrected chi connectivity index (χ3v) is 5.67. The number of hydrogen-bond acceptors (Lipinski definition) is 3. The molecule has 0 spiro atoms. The molecule has 1 saturated carbocycles. The van der Waals surface area contributed by atoms with Gasteiger partial charge in [0, 0.05) is 12.6 Å². The molecule has 0 amide bonds. The summed E-state index contributed by atoms with van der Waals surface area (Å²) in [5.74, 6) is 0.989. The summed E-state index contributed by atoms with van der Waals surface area (Å²) in [5.41, 5.74) is 0. The molecule has 1 saturated heterocycles. The van der Waals surface area contributed by atoms with Gasteiger partial charge in [0.1, 0.15) is 0 Å². The lowest BCUT2D eigenvalue weighted by Crippen LogP contribution is -2.37. The highest BCUT2D eigenvalue weighted by Crippen LogP contribution is 2.25. The predicted octanol–water partition coefficient (Wildman–Crippen LogP) is 1.63. The van der Waals surface area contributed by atoms with Gasteiger partial charge in [0.2, 0.25) is 10.0 Å². The van der Waals surface area contributed by atoms with E-state index < -0.39 is 10.0 Å². The van der Waals surface area contributed by atoms with Crippen LogP contribution < -0.4 is 10.0 Å². The third kappa shape index (κ3) is 4.86. The Labute approximate surface area is 111 Å². The average molecular weight is 274 g/mol. The van der Waals surface area contributed by atoms with E-state index in [1.807, 2.05) is 0 Å². The first-order valence-corrected chi connectivity index (χ1v) is 9.02. The molecular weight excluding hydrogens is 248 g/mol. The van der Waals surface area contributed by atoms with Gasteiger partial charge < -0.3 is 5.32 Å². The molecule has 0 bridgehead atoms. The van der Waals surface area contributed by atoms with Crippen LogP contribution >= 0.6 is 0 Å². The van der Waals surface area contributed by atoms with Crippen LogP contribution in [-0.2, 0) is 10.0 Å². The maximum absolute atomic E-state index is 11.9. The molecule has 2 rings (SSSR count). The van der Waals surface area contributed by atoms with Crippen LogP contribution in [0.4, 0.5) is 0 Å². The molecule has 0 aromatic rings. The minimum atomic E-state index is -3.08. The second-order valence-corrected chi connectivity index (χ2v) is 7.61. The fraction of sp³-hybridized carbons (Fsp3) is 1.00. The molecule has 1 aliphatic heterocycles.